The van der Waals surface area contributed by atoms with Crippen molar-refractivity contribution in [1.82, 2.24) is 5.43 Å². The molecule has 2 amide bonds. The number of hydrogen-bond acceptors (Lipinski definition) is 4. The van der Waals surface area contributed by atoms with Crippen LogP contribution in [-0.4, -0.2) is 12.2 Å². The second-order valence-corrected chi connectivity index (χ2v) is 4.10. The van der Waals surface area contributed by atoms with E-state index in [1.807, 2.05) is 0 Å². The van der Waals surface area contributed by atoms with Gasteiger partial charge < -0.3 is 15.9 Å². The highest BCUT2D eigenvalue weighted by Crippen LogP contribution is 2.29. The normalized spacial score (nSPS) is 10.8. The van der Waals surface area contributed by atoms with Crippen LogP contribution in [0.2, 0.25) is 5.02 Å². The van der Waals surface area contributed by atoms with Crippen LogP contribution in [0.3, 0.4) is 0 Å². The highest BCUT2D eigenvalue weighted by Gasteiger charge is 2.07. The largest absolute Gasteiger partial charge is 0.455 e. The SMILES string of the molecule is NC(=O)N/N=C/c1ccc(-c2ccc(Cl)cc2N)o1. The van der Waals surface area contributed by atoms with Crippen molar-refractivity contribution in [2.45, 2.75) is 0 Å². The molecule has 0 aliphatic carbocycles. The molecule has 0 fully saturated rings. The first-order valence-electron chi connectivity index (χ1n) is 5.30. The van der Waals surface area contributed by atoms with E-state index in [1.165, 1.54) is 6.21 Å². The number of nitrogens with two attached hydrogens (primary N) is 2. The zero-order chi connectivity index (χ0) is 13.8. The maximum absolute atomic E-state index is 10.4. The molecule has 1 aromatic heterocycles. The van der Waals surface area contributed by atoms with Crippen LogP contribution in [0.1, 0.15) is 5.76 Å². The van der Waals surface area contributed by atoms with E-state index >= 15 is 0 Å². The molecule has 2 rings (SSSR count). The Balaban J connectivity index is 2.21. The van der Waals surface area contributed by atoms with Gasteiger partial charge >= 0.3 is 6.03 Å². The van der Waals surface area contributed by atoms with Crippen molar-refractivity contribution in [3.8, 4) is 11.3 Å². The zero-order valence-corrected chi connectivity index (χ0v) is 10.5. The number of rotatable bonds is 3. The molecule has 0 spiro atoms. The molecular formula is C12H11ClN4O2. The van der Waals surface area contributed by atoms with Crippen molar-refractivity contribution in [2.24, 2.45) is 10.8 Å². The van der Waals surface area contributed by atoms with Crippen LogP contribution in [0.5, 0.6) is 0 Å². The lowest BCUT2D eigenvalue weighted by atomic mass is 10.1. The van der Waals surface area contributed by atoms with Gasteiger partial charge in [0.15, 0.2) is 0 Å². The first-order chi connectivity index (χ1) is 9.06. The maximum Gasteiger partial charge on any atom is 0.332 e. The Bertz CT molecular complexity index is 636. The molecule has 5 N–H and O–H groups in total. The van der Waals surface area contributed by atoms with E-state index in [2.05, 4.69) is 10.5 Å². The average Bonchev–Trinajstić information content (AvgIpc) is 2.77. The van der Waals surface area contributed by atoms with Crippen LogP contribution in [0, 0.1) is 0 Å². The third-order valence-corrected chi connectivity index (χ3v) is 2.51. The van der Waals surface area contributed by atoms with Crippen molar-refractivity contribution in [1.29, 1.82) is 0 Å². The highest BCUT2D eigenvalue weighted by molar-refractivity contribution is 6.31. The number of urea groups is 1. The summed E-state index contributed by atoms with van der Waals surface area (Å²) < 4.78 is 5.51. The quantitative estimate of drug-likeness (QED) is 0.455. The van der Waals surface area contributed by atoms with Crippen LogP contribution in [0.15, 0.2) is 39.9 Å². The molecule has 1 aromatic carbocycles. The van der Waals surface area contributed by atoms with E-state index in [0.29, 0.717) is 22.2 Å². The summed E-state index contributed by atoms with van der Waals surface area (Å²) in [4.78, 5) is 10.4. The number of halogens is 1. The molecule has 0 saturated carbocycles. The molecule has 1 heterocycles. The van der Waals surface area contributed by atoms with E-state index in [0.717, 1.165) is 5.56 Å². The van der Waals surface area contributed by atoms with Crippen LogP contribution >= 0.6 is 11.6 Å². The topological polar surface area (TPSA) is 107 Å². The highest BCUT2D eigenvalue weighted by atomic mass is 35.5. The van der Waals surface area contributed by atoms with Crippen molar-refractivity contribution in [3.05, 3.63) is 41.1 Å². The van der Waals surface area contributed by atoms with Gasteiger partial charge in [0.2, 0.25) is 0 Å². The first-order valence-corrected chi connectivity index (χ1v) is 5.68. The molecular weight excluding hydrogens is 268 g/mol. The lowest BCUT2D eigenvalue weighted by Gasteiger charge is -2.02. The monoisotopic (exact) mass is 278 g/mol. The van der Waals surface area contributed by atoms with E-state index < -0.39 is 6.03 Å². The number of carbonyl (C=O) groups is 1. The van der Waals surface area contributed by atoms with Gasteiger partial charge in [-0.3, -0.25) is 0 Å². The lowest BCUT2D eigenvalue weighted by molar-refractivity contribution is 0.249. The number of hydrazone groups is 1. The molecule has 0 aliphatic heterocycles. The van der Waals surface area contributed by atoms with Gasteiger partial charge in [-0.15, -0.1) is 0 Å². The van der Waals surface area contributed by atoms with E-state index in [1.54, 1.807) is 30.3 Å². The molecule has 98 valence electrons. The fourth-order valence-electron chi connectivity index (χ4n) is 1.48. The number of amides is 2. The Labute approximate surface area is 114 Å². The number of benzene rings is 1. The summed E-state index contributed by atoms with van der Waals surface area (Å²) in [6, 6.07) is 7.81. The molecule has 0 bridgehead atoms. The number of anilines is 1. The molecule has 0 atom stereocenters. The number of nitrogens with zero attached hydrogens (tertiary/aromatic N) is 1. The molecule has 0 unspecified atom stereocenters. The number of carbonyl (C=O) groups excluding carboxylic acids is 1. The molecule has 7 heteroatoms. The zero-order valence-electron chi connectivity index (χ0n) is 9.76. The van der Waals surface area contributed by atoms with Crippen LogP contribution in [0.4, 0.5) is 10.5 Å². The van der Waals surface area contributed by atoms with Crippen molar-refractivity contribution in [2.75, 3.05) is 5.73 Å². The summed E-state index contributed by atoms with van der Waals surface area (Å²) >= 11 is 5.82. The van der Waals surface area contributed by atoms with Gasteiger partial charge in [0.1, 0.15) is 11.5 Å². The van der Waals surface area contributed by atoms with Crippen LogP contribution in [0.25, 0.3) is 11.3 Å². The molecule has 6 nitrogen and oxygen atoms in total. The summed E-state index contributed by atoms with van der Waals surface area (Å²) in [5.41, 5.74) is 14.0. The van der Waals surface area contributed by atoms with Gasteiger partial charge in [0.05, 0.1) is 6.21 Å². The maximum atomic E-state index is 10.4. The predicted molar refractivity (Wildman–Crippen MR) is 73.9 cm³/mol. The fourth-order valence-corrected chi connectivity index (χ4v) is 1.67. The Morgan fingerprint density at radius 2 is 2.16 bits per heavy atom. The predicted octanol–water partition coefficient (Wildman–Crippen LogP) is 2.18. The van der Waals surface area contributed by atoms with Gasteiger partial charge in [-0.05, 0) is 30.3 Å². The van der Waals surface area contributed by atoms with Gasteiger partial charge in [-0.2, -0.15) is 5.10 Å². The lowest BCUT2D eigenvalue weighted by Crippen LogP contribution is -2.24. The number of nitrogens with one attached hydrogen (secondary N) is 1. The summed E-state index contributed by atoms with van der Waals surface area (Å²) in [6.07, 6.45) is 1.33. The van der Waals surface area contributed by atoms with Gasteiger partial charge in [-0.25, -0.2) is 10.2 Å². The minimum absolute atomic E-state index is 0.457. The van der Waals surface area contributed by atoms with E-state index in [4.69, 9.17) is 27.5 Å². The van der Waals surface area contributed by atoms with Gasteiger partial charge in [-0.1, -0.05) is 11.6 Å². The number of hydrogen-bond donors (Lipinski definition) is 3. The number of nitrogen functional groups attached to an aromatic ring is 1. The molecule has 0 radical (unpaired) electrons. The van der Waals surface area contributed by atoms with E-state index in [9.17, 15) is 4.79 Å². The van der Waals surface area contributed by atoms with Gasteiger partial charge in [0, 0.05) is 16.3 Å². The molecule has 2 aromatic rings. The molecule has 0 aliphatic rings. The van der Waals surface area contributed by atoms with Crippen LogP contribution < -0.4 is 16.9 Å². The first kappa shape index (κ1) is 13.0. The van der Waals surface area contributed by atoms with Crippen molar-refractivity contribution < 1.29 is 9.21 Å². The average molecular weight is 279 g/mol. The third-order valence-electron chi connectivity index (χ3n) is 2.27. The second kappa shape index (κ2) is 5.45. The third kappa shape index (κ3) is 3.26. The number of furan rings is 1. The van der Waals surface area contributed by atoms with E-state index in [-0.39, 0.29) is 0 Å². The number of primary amides is 1. The minimum atomic E-state index is -0.745. The smallest absolute Gasteiger partial charge is 0.332 e. The molecule has 19 heavy (non-hydrogen) atoms. The van der Waals surface area contributed by atoms with Crippen LogP contribution in [-0.2, 0) is 0 Å². The summed E-state index contributed by atoms with van der Waals surface area (Å²) in [5.74, 6) is 1.03. The van der Waals surface area contributed by atoms with Gasteiger partial charge in [0.25, 0.3) is 0 Å². The Hall–Kier alpha value is -2.47. The fraction of sp³-hybridized carbons (Fsp3) is 0. The van der Waals surface area contributed by atoms with Crippen molar-refractivity contribution >= 4 is 29.5 Å². The minimum Gasteiger partial charge on any atom is -0.455 e. The Morgan fingerprint density at radius 3 is 2.84 bits per heavy atom. The Morgan fingerprint density at radius 1 is 1.37 bits per heavy atom. The standard InChI is InChI=1S/C12H11ClN4O2/c13-7-1-3-9(10(14)5-7)11-4-2-8(19-11)6-16-17-12(15)18/h1-6H,14H2,(H3,15,17,18)/b16-6+. The summed E-state index contributed by atoms with van der Waals surface area (Å²) in [7, 11) is 0. The second-order valence-electron chi connectivity index (χ2n) is 3.67. The Kier molecular flexibility index (Phi) is 3.72. The summed E-state index contributed by atoms with van der Waals surface area (Å²) in [6.45, 7) is 0. The summed E-state index contributed by atoms with van der Waals surface area (Å²) in [5, 5.41) is 4.14. The van der Waals surface area contributed by atoms with Crippen molar-refractivity contribution in [3.63, 3.8) is 0 Å². The molecule has 0 saturated heterocycles.